The normalized spacial score (nSPS) is 21.2. The van der Waals surface area contributed by atoms with Crippen molar-refractivity contribution in [3.8, 4) is 0 Å². The number of benzene rings is 1. The molecule has 0 aliphatic carbocycles. The van der Waals surface area contributed by atoms with Crippen molar-refractivity contribution >= 4 is 15.8 Å². The van der Waals surface area contributed by atoms with Crippen LogP contribution in [-0.4, -0.2) is 33.0 Å². The van der Waals surface area contributed by atoms with Gasteiger partial charge in [-0.1, -0.05) is 12.1 Å². The first kappa shape index (κ1) is 16.9. The summed E-state index contributed by atoms with van der Waals surface area (Å²) in [4.78, 5) is 6.62. The van der Waals surface area contributed by atoms with Gasteiger partial charge in [0.25, 0.3) is 0 Å². The molecule has 3 rings (SSSR count). The Hall–Kier alpha value is -1.99. The zero-order chi connectivity index (χ0) is 17.3. The van der Waals surface area contributed by atoms with Gasteiger partial charge in [-0.25, -0.2) is 22.5 Å². The van der Waals surface area contributed by atoms with Crippen molar-refractivity contribution in [3.05, 3.63) is 54.0 Å². The van der Waals surface area contributed by atoms with Crippen LogP contribution in [0.2, 0.25) is 0 Å². The van der Waals surface area contributed by atoms with Gasteiger partial charge in [-0.3, -0.25) is 0 Å². The van der Waals surface area contributed by atoms with Crippen molar-refractivity contribution in [1.82, 2.24) is 9.71 Å². The Balaban J connectivity index is 1.79. The van der Waals surface area contributed by atoms with Crippen LogP contribution in [0.15, 0.2) is 47.5 Å². The predicted octanol–water partition coefficient (Wildman–Crippen LogP) is 2.51. The summed E-state index contributed by atoms with van der Waals surface area (Å²) in [6, 6.07) is 10.2. The third kappa shape index (κ3) is 3.27. The maximum Gasteiger partial charge on any atom is 0.241 e. The summed E-state index contributed by atoms with van der Waals surface area (Å²) < 4.78 is 38.9. The topological polar surface area (TPSA) is 62.3 Å². The first-order valence-corrected chi connectivity index (χ1v) is 9.31. The number of nitrogens with one attached hydrogen (secondary N) is 1. The van der Waals surface area contributed by atoms with E-state index >= 15 is 0 Å². The first-order chi connectivity index (χ1) is 11.4. The lowest BCUT2D eigenvalue weighted by Crippen LogP contribution is -2.27. The molecule has 1 N–H and O–H groups in total. The summed E-state index contributed by atoms with van der Waals surface area (Å²) in [6.07, 6.45) is 2.32. The molecule has 1 aromatic heterocycles. The van der Waals surface area contributed by atoms with E-state index in [1.54, 1.807) is 12.1 Å². The molecule has 5 nitrogen and oxygen atoms in total. The van der Waals surface area contributed by atoms with Crippen molar-refractivity contribution < 1.29 is 12.8 Å². The minimum absolute atomic E-state index is 0.149. The van der Waals surface area contributed by atoms with Gasteiger partial charge in [-0.05, 0) is 50.2 Å². The fourth-order valence-corrected chi connectivity index (χ4v) is 3.82. The van der Waals surface area contributed by atoms with Gasteiger partial charge in [-0.15, -0.1) is 0 Å². The summed E-state index contributed by atoms with van der Waals surface area (Å²) in [5.74, 6) is 0.829. The number of aromatic nitrogens is 1. The lowest BCUT2D eigenvalue weighted by atomic mass is 9.97. The van der Waals surface area contributed by atoms with E-state index in [2.05, 4.69) is 21.5 Å². The van der Waals surface area contributed by atoms with Crippen LogP contribution in [0.3, 0.4) is 0 Å². The van der Waals surface area contributed by atoms with Crippen LogP contribution in [0.25, 0.3) is 0 Å². The number of rotatable bonds is 4. The summed E-state index contributed by atoms with van der Waals surface area (Å²) in [6.45, 7) is 2.89. The van der Waals surface area contributed by atoms with E-state index in [-0.39, 0.29) is 16.8 Å². The first-order valence-electron chi connectivity index (χ1n) is 7.82. The minimum Gasteiger partial charge on any atom is -0.353 e. The number of pyridine rings is 1. The summed E-state index contributed by atoms with van der Waals surface area (Å²) in [5, 5.41) is 0. The van der Waals surface area contributed by atoms with Gasteiger partial charge in [0.1, 0.15) is 16.5 Å². The second-order valence-corrected chi connectivity index (χ2v) is 7.93. The largest absolute Gasteiger partial charge is 0.353 e. The average molecular weight is 349 g/mol. The number of hydrogen-bond acceptors (Lipinski definition) is 4. The fraction of sp³-hybridized carbons (Fsp3) is 0.353. The molecule has 0 spiro atoms. The van der Waals surface area contributed by atoms with E-state index in [0.717, 1.165) is 24.3 Å². The molecule has 0 saturated carbocycles. The maximum absolute atomic E-state index is 13.1. The highest BCUT2D eigenvalue weighted by atomic mass is 32.2. The molecule has 128 valence electrons. The molecule has 0 bridgehead atoms. The Morgan fingerprint density at radius 2 is 1.92 bits per heavy atom. The highest BCUT2D eigenvalue weighted by molar-refractivity contribution is 7.89. The smallest absolute Gasteiger partial charge is 0.241 e. The lowest BCUT2D eigenvalue weighted by Gasteiger charge is -2.22. The van der Waals surface area contributed by atoms with Gasteiger partial charge < -0.3 is 4.90 Å². The van der Waals surface area contributed by atoms with Crippen molar-refractivity contribution in [3.63, 3.8) is 0 Å². The highest BCUT2D eigenvalue weighted by Gasteiger charge is 2.31. The number of nitrogens with zero attached hydrogens (tertiary/aromatic N) is 2. The summed E-state index contributed by atoms with van der Waals surface area (Å²) >= 11 is 0. The Morgan fingerprint density at radius 1 is 1.21 bits per heavy atom. The van der Waals surface area contributed by atoms with Crippen molar-refractivity contribution in [1.29, 1.82) is 0 Å². The van der Waals surface area contributed by atoms with Crippen LogP contribution in [-0.2, 0) is 10.0 Å². The molecule has 1 aliphatic rings. The summed E-state index contributed by atoms with van der Waals surface area (Å²) in [5.41, 5.74) is 1.11. The Morgan fingerprint density at radius 3 is 2.50 bits per heavy atom. The molecule has 1 aliphatic heterocycles. The Bertz CT molecular complexity index is 807. The lowest BCUT2D eigenvalue weighted by molar-refractivity contribution is 0.587. The van der Waals surface area contributed by atoms with Crippen LogP contribution in [0.5, 0.6) is 0 Å². The number of anilines is 1. The molecular formula is C17H20FN3O2S. The predicted molar refractivity (Wildman–Crippen MR) is 91.0 cm³/mol. The molecule has 7 heteroatoms. The van der Waals surface area contributed by atoms with E-state index in [1.165, 1.54) is 25.4 Å². The highest BCUT2D eigenvalue weighted by Crippen LogP contribution is 2.34. The fourth-order valence-electron chi connectivity index (χ4n) is 3.15. The van der Waals surface area contributed by atoms with Crippen LogP contribution in [0.4, 0.5) is 10.2 Å². The van der Waals surface area contributed by atoms with Gasteiger partial charge >= 0.3 is 0 Å². The molecule has 2 unspecified atom stereocenters. The third-order valence-electron chi connectivity index (χ3n) is 4.51. The van der Waals surface area contributed by atoms with E-state index in [0.29, 0.717) is 5.92 Å². The monoisotopic (exact) mass is 349 g/mol. The third-order valence-corrected chi connectivity index (χ3v) is 5.91. The molecule has 1 fully saturated rings. The molecular weight excluding hydrogens is 329 g/mol. The standard InChI is InChI=1S/C17H20FN3O2S/c1-12-9-14(13-3-5-15(18)6-4-13)11-21(12)17-8-7-16(10-20-17)24(22,23)19-2/h3-8,10,12,14,19H,9,11H2,1-2H3. The number of sulfonamides is 1. The second-order valence-electron chi connectivity index (χ2n) is 6.05. The summed E-state index contributed by atoms with van der Waals surface area (Å²) in [7, 11) is -2.10. The Labute approximate surface area is 141 Å². The number of halogens is 1. The van der Waals surface area contributed by atoms with Gasteiger partial charge in [0, 0.05) is 24.7 Å². The van der Waals surface area contributed by atoms with Crippen molar-refractivity contribution in [2.75, 3.05) is 18.5 Å². The van der Waals surface area contributed by atoms with Gasteiger partial charge in [0.05, 0.1) is 0 Å². The molecule has 0 amide bonds. The van der Waals surface area contributed by atoms with Gasteiger partial charge in [-0.2, -0.15) is 0 Å². The van der Waals surface area contributed by atoms with Crippen LogP contribution < -0.4 is 9.62 Å². The molecule has 2 aromatic rings. The average Bonchev–Trinajstić information content (AvgIpc) is 2.97. The molecule has 1 aromatic carbocycles. The molecule has 2 atom stereocenters. The maximum atomic E-state index is 13.1. The minimum atomic E-state index is -3.48. The van der Waals surface area contributed by atoms with E-state index < -0.39 is 10.0 Å². The van der Waals surface area contributed by atoms with E-state index in [9.17, 15) is 12.8 Å². The second kappa shape index (κ2) is 6.49. The quantitative estimate of drug-likeness (QED) is 0.921. The van der Waals surface area contributed by atoms with Gasteiger partial charge in [0.15, 0.2) is 0 Å². The molecule has 24 heavy (non-hydrogen) atoms. The van der Waals surface area contributed by atoms with E-state index in [4.69, 9.17) is 0 Å². The SMILES string of the molecule is CNS(=O)(=O)c1ccc(N2CC(c3ccc(F)cc3)CC2C)nc1. The zero-order valence-electron chi connectivity index (χ0n) is 13.6. The van der Waals surface area contributed by atoms with Crippen molar-refractivity contribution in [2.45, 2.75) is 30.2 Å². The van der Waals surface area contributed by atoms with E-state index in [1.807, 2.05) is 12.1 Å². The van der Waals surface area contributed by atoms with Crippen LogP contribution in [0.1, 0.15) is 24.8 Å². The number of hydrogen-bond donors (Lipinski definition) is 1. The van der Waals surface area contributed by atoms with Gasteiger partial charge in [0.2, 0.25) is 10.0 Å². The molecule has 0 radical (unpaired) electrons. The van der Waals surface area contributed by atoms with Crippen molar-refractivity contribution in [2.24, 2.45) is 0 Å². The molecule has 1 saturated heterocycles. The zero-order valence-corrected chi connectivity index (χ0v) is 14.4. The van der Waals surface area contributed by atoms with Crippen LogP contribution in [0, 0.1) is 5.82 Å². The van der Waals surface area contributed by atoms with Crippen LogP contribution >= 0.6 is 0 Å². The molecule has 2 heterocycles. The Kier molecular flexibility index (Phi) is 4.56.